The number of hydrogen-bond donors (Lipinski definition) is 2. The summed E-state index contributed by atoms with van der Waals surface area (Å²) in [6, 6.07) is 7.84. The maximum absolute atomic E-state index is 12.7. The highest BCUT2D eigenvalue weighted by atomic mass is 16.2. The smallest absolute Gasteiger partial charge is 0.256 e. The molecule has 0 bridgehead atoms. The Hall–Kier alpha value is -2.30. The number of likely N-dealkylation sites (tertiary alicyclic amines) is 1. The summed E-state index contributed by atoms with van der Waals surface area (Å²) < 4.78 is 0. The van der Waals surface area contributed by atoms with Gasteiger partial charge in [0.1, 0.15) is 0 Å². The quantitative estimate of drug-likeness (QED) is 0.815. The molecule has 102 valence electrons. The van der Waals surface area contributed by atoms with E-state index in [4.69, 9.17) is 0 Å². The van der Waals surface area contributed by atoms with Crippen LogP contribution in [0.5, 0.6) is 0 Å². The third kappa shape index (κ3) is 1.62. The second-order valence-corrected chi connectivity index (χ2v) is 5.60. The van der Waals surface area contributed by atoms with Crippen molar-refractivity contribution in [3.05, 3.63) is 36.0 Å². The van der Waals surface area contributed by atoms with Crippen LogP contribution in [0.25, 0.3) is 10.9 Å². The van der Waals surface area contributed by atoms with Crippen LogP contribution in [-0.2, 0) is 4.79 Å². The van der Waals surface area contributed by atoms with Crippen molar-refractivity contribution in [2.75, 3.05) is 13.1 Å². The first-order chi connectivity index (χ1) is 9.72. The predicted octanol–water partition coefficient (Wildman–Crippen LogP) is 1.13. The summed E-state index contributed by atoms with van der Waals surface area (Å²) in [5.41, 5.74) is 1.59. The van der Waals surface area contributed by atoms with Crippen molar-refractivity contribution in [1.29, 1.82) is 0 Å². The fourth-order valence-electron chi connectivity index (χ4n) is 3.34. The highest BCUT2D eigenvalue weighted by Crippen LogP contribution is 2.27. The Morgan fingerprint density at radius 1 is 1.25 bits per heavy atom. The van der Waals surface area contributed by atoms with Crippen LogP contribution >= 0.6 is 0 Å². The van der Waals surface area contributed by atoms with Gasteiger partial charge in [-0.3, -0.25) is 9.59 Å². The standard InChI is InChI=1S/C15H15N3O2/c19-13-6-10-7-18(8-12(10)17-13)15(20)11-3-1-2-9-4-5-16-14(9)11/h1-5,10,12,16H,6-8H2,(H,17,19)/t10-,12+/m0/s1. The van der Waals surface area contributed by atoms with Crippen molar-refractivity contribution in [1.82, 2.24) is 15.2 Å². The van der Waals surface area contributed by atoms with Gasteiger partial charge in [0.2, 0.25) is 5.91 Å². The minimum atomic E-state index is 0.0432. The summed E-state index contributed by atoms with van der Waals surface area (Å²) in [4.78, 5) is 29.0. The van der Waals surface area contributed by atoms with E-state index in [2.05, 4.69) is 10.3 Å². The van der Waals surface area contributed by atoms with Gasteiger partial charge in [0.05, 0.1) is 17.1 Å². The normalized spacial score (nSPS) is 25.0. The zero-order valence-electron chi connectivity index (χ0n) is 10.9. The largest absolute Gasteiger partial charge is 0.361 e. The van der Waals surface area contributed by atoms with Crippen LogP contribution < -0.4 is 5.32 Å². The highest BCUT2D eigenvalue weighted by molar-refractivity contribution is 6.05. The molecule has 0 aliphatic carbocycles. The van der Waals surface area contributed by atoms with Gasteiger partial charge in [-0.25, -0.2) is 0 Å². The zero-order valence-corrected chi connectivity index (χ0v) is 10.9. The van der Waals surface area contributed by atoms with E-state index in [0.717, 1.165) is 10.9 Å². The molecule has 1 aromatic heterocycles. The number of carbonyl (C=O) groups is 2. The Morgan fingerprint density at radius 3 is 3.00 bits per heavy atom. The van der Waals surface area contributed by atoms with Crippen LogP contribution in [0, 0.1) is 5.92 Å². The number of amides is 2. The summed E-state index contributed by atoms with van der Waals surface area (Å²) in [5.74, 6) is 0.426. The molecule has 2 aromatic rings. The predicted molar refractivity (Wildman–Crippen MR) is 74.2 cm³/mol. The molecular formula is C15H15N3O2. The summed E-state index contributed by atoms with van der Waals surface area (Å²) >= 11 is 0. The number of aromatic amines is 1. The molecule has 2 atom stereocenters. The average molecular weight is 269 g/mol. The van der Waals surface area contributed by atoms with Crippen molar-refractivity contribution in [2.24, 2.45) is 5.92 Å². The lowest BCUT2D eigenvalue weighted by molar-refractivity contribution is -0.119. The van der Waals surface area contributed by atoms with Gasteiger partial charge >= 0.3 is 0 Å². The molecule has 1 aromatic carbocycles. The van der Waals surface area contributed by atoms with E-state index in [0.29, 0.717) is 25.1 Å². The molecule has 2 N–H and O–H groups in total. The monoisotopic (exact) mass is 269 g/mol. The first kappa shape index (κ1) is 11.5. The van der Waals surface area contributed by atoms with Crippen molar-refractivity contribution in [3.8, 4) is 0 Å². The summed E-state index contributed by atoms with van der Waals surface area (Å²) in [7, 11) is 0. The van der Waals surface area contributed by atoms with Crippen LogP contribution in [0.1, 0.15) is 16.8 Å². The SMILES string of the molecule is O=C1C[C@H]2CN(C(=O)c3cccc4cc[nH]c34)C[C@H]2N1. The molecule has 0 saturated carbocycles. The lowest BCUT2D eigenvalue weighted by atomic mass is 10.1. The van der Waals surface area contributed by atoms with Gasteiger partial charge in [-0.05, 0) is 12.1 Å². The van der Waals surface area contributed by atoms with Gasteiger partial charge in [0.15, 0.2) is 0 Å². The number of nitrogens with one attached hydrogen (secondary N) is 2. The van der Waals surface area contributed by atoms with Crippen LogP contribution in [-0.4, -0.2) is 40.8 Å². The Kier molecular flexibility index (Phi) is 2.36. The van der Waals surface area contributed by atoms with Gasteiger partial charge < -0.3 is 15.2 Å². The van der Waals surface area contributed by atoms with Crippen molar-refractivity contribution in [2.45, 2.75) is 12.5 Å². The number of nitrogens with zero attached hydrogens (tertiary/aromatic N) is 1. The number of hydrogen-bond acceptors (Lipinski definition) is 2. The highest BCUT2D eigenvalue weighted by Gasteiger charge is 2.41. The third-order valence-electron chi connectivity index (χ3n) is 4.34. The zero-order chi connectivity index (χ0) is 13.7. The molecule has 4 rings (SSSR count). The Bertz CT molecular complexity index is 690. The maximum atomic E-state index is 12.7. The topological polar surface area (TPSA) is 65.2 Å². The van der Waals surface area contributed by atoms with Crippen LogP contribution in [0.3, 0.4) is 0 Å². The molecule has 5 heteroatoms. The van der Waals surface area contributed by atoms with Crippen molar-refractivity contribution >= 4 is 22.7 Å². The minimum absolute atomic E-state index is 0.0432. The van der Waals surface area contributed by atoms with E-state index in [1.165, 1.54) is 0 Å². The number of rotatable bonds is 1. The lowest BCUT2D eigenvalue weighted by Crippen LogP contribution is -2.35. The number of aromatic nitrogens is 1. The van der Waals surface area contributed by atoms with Crippen LogP contribution in [0.15, 0.2) is 30.5 Å². The third-order valence-corrected chi connectivity index (χ3v) is 4.34. The van der Waals surface area contributed by atoms with E-state index in [-0.39, 0.29) is 23.8 Å². The second kappa shape index (κ2) is 4.10. The molecule has 2 saturated heterocycles. The Balaban J connectivity index is 1.62. The molecule has 5 nitrogen and oxygen atoms in total. The van der Waals surface area contributed by atoms with E-state index >= 15 is 0 Å². The molecule has 20 heavy (non-hydrogen) atoms. The van der Waals surface area contributed by atoms with Crippen molar-refractivity contribution in [3.63, 3.8) is 0 Å². The molecule has 2 aliphatic heterocycles. The number of carbonyl (C=O) groups excluding carboxylic acids is 2. The van der Waals surface area contributed by atoms with Gasteiger partial charge in [0, 0.05) is 37.0 Å². The molecule has 0 unspecified atom stereocenters. The van der Waals surface area contributed by atoms with Crippen LogP contribution in [0.4, 0.5) is 0 Å². The van der Waals surface area contributed by atoms with Gasteiger partial charge in [-0.15, -0.1) is 0 Å². The number of fused-ring (bicyclic) bond motifs is 2. The second-order valence-electron chi connectivity index (χ2n) is 5.60. The number of H-pyrrole nitrogens is 1. The van der Waals surface area contributed by atoms with Crippen molar-refractivity contribution < 1.29 is 9.59 Å². The van der Waals surface area contributed by atoms with Crippen LogP contribution in [0.2, 0.25) is 0 Å². The molecule has 2 fully saturated rings. The maximum Gasteiger partial charge on any atom is 0.256 e. The number of benzene rings is 1. The first-order valence-electron chi connectivity index (χ1n) is 6.87. The molecule has 0 radical (unpaired) electrons. The molecular weight excluding hydrogens is 254 g/mol. The summed E-state index contributed by atoms with van der Waals surface area (Å²) in [5, 5.41) is 3.99. The summed E-state index contributed by atoms with van der Waals surface area (Å²) in [6.45, 7) is 1.28. The molecule has 2 amide bonds. The van der Waals surface area contributed by atoms with E-state index in [1.807, 2.05) is 35.4 Å². The molecule has 2 aliphatic rings. The number of para-hydroxylation sites is 1. The minimum Gasteiger partial charge on any atom is -0.361 e. The average Bonchev–Trinajstić information content (AvgIpc) is 3.10. The van der Waals surface area contributed by atoms with E-state index in [1.54, 1.807) is 0 Å². The van der Waals surface area contributed by atoms with Gasteiger partial charge in [-0.1, -0.05) is 12.1 Å². The van der Waals surface area contributed by atoms with Gasteiger partial charge in [-0.2, -0.15) is 0 Å². The summed E-state index contributed by atoms with van der Waals surface area (Å²) in [6.07, 6.45) is 2.39. The van der Waals surface area contributed by atoms with E-state index < -0.39 is 0 Å². The Morgan fingerprint density at radius 2 is 2.15 bits per heavy atom. The first-order valence-corrected chi connectivity index (χ1v) is 6.87. The van der Waals surface area contributed by atoms with Gasteiger partial charge in [0.25, 0.3) is 5.91 Å². The Labute approximate surface area is 115 Å². The lowest BCUT2D eigenvalue weighted by Gasteiger charge is -2.17. The van der Waals surface area contributed by atoms with E-state index in [9.17, 15) is 9.59 Å². The molecule has 3 heterocycles. The fourth-order valence-corrected chi connectivity index (χ4v) is 3.34. The fraction of sp³-hybridized carbons (Fsp3) is 0.333. The molecule has 0 spiro atoms.